The van der Waals surface area contributed by atoms with Gasteiger partial charge in [-0.2, -0.15) is 40.1 Å². The van der Waals surface area contributed by atoms with Crippen molar-refractivity contribution in [3.63, 3.8) is 0 Å². The first kappa shape index (κ1) is 31.4. The number of anilines is 1. The Bertz CT molecular complexity index is 1560. The lowest BCUT2D eigenvalue weighted by Gasteiger charge is -2.29. The fraction of sp³-hybridized carbons (Fsp3) is 0.333. The smallest absolute Gasteiger partial charge is 0.374 e. The van der Waals surface area contributed by atoms with E-state index in [1.54, 1.807) is 0 Å². The molecule has 4 rings (SSSR count). The maximum Gasteiger partial charge on any atom is 0.435 e. The summed E-state index contributed by atoms with van der Waals surface area (Å²) in [5.74, 6) is -8.11. The van der Waals surface area contributed by atoms with Crippen LogP contribution in [0.15, 0.2) is 35.5 Å². The van der Waals surface area contributed by atoms with Crippen molar-refractivity contribution >= 4 is 40.8 Å². The van der Waals surface area contributed by atoms with Crippen molar-refractivity contribution in [3.8, 4) is 0 Å². The summed E-state index contributed by atoms with van der Waals surface area (Å²) in [7, 11) is 0. The second-order valence-corrected chi connectivity index (χ2v) is 10.1. The molecule has 0 spiro atoms. The van der Waals surface area contributed by atoms with Gasteiger partial charge in [-0.1, -0.05) is 34.4 Å². The number of halogens is 11. The van der Waals surface area contributed by atoms with Crippen LogP contribution in [0.4, 0.5) is 45.5 Å². The van der Waals surface area contributed by atoms with Crippen molar-refractivity contribution in [3.05, 3.63) is 74.3 Å². The summed E-state index contributed by atoms with van der Waals surface area (Å²) in [6.07, 6.45) is -10.9. The zero-order valence-electron chi connectivity index (χ0n) is 21.1. The molecule has 2 aromatic carbocycles. The van der Waals surface area contributed by atoms with Gasteiger partial charge < -0.3 is 4.84 Å². The number of nitrogens with zero attached hydrogens (tertiary/aromatic N) is 4. The SMILES string of the molecule is Cc1cc(C2=NOC(c3cc(Cl)c(F)c(Cl)c3)(C(F)(F)F)C2)ccc1C(=O)Nc1nc(C(C)(F)F)n(CC(F)(F)F)n1. The van der Waals surface area contributed by atoms with E-state index < -0.39 is 75.9 Å². The van der Waals surface area contributed by atoms with Gasteiger partial charge >= 0.3 is 18.3 Å². The van der Waals surface area contributed by atoms with Crippen LogP contribution in [-0.4, -0.2) is 38.7 Å². The minimum atomic E-state index is -5.06. The Kier molecular flexibility index (Phi) is 7.95. The van der Waals surface area contributed by atoms with E-state index in [2.05, 4.69) is 15.2 Å². The van der Waals surface area contributed by atoms with E-state index in [1.807, 2.05) is 5.32 Å². The molecule has 1 aliphatic heterocycles. The number of benzene rings is 2. The highest BCUT2D eigenvalue weighted by Gasteiger charge is 2.62. The summed E-state index contributed by atoms with van der Waals surface area (Å²) in [6.45, 7) is -0.199. The van der Waals surface area contributed by atoms with Crippen molar-refractivity contribution in [1.82, 2.24) is 14.8 Å². The molecule has 0 aliphatic carbocycles. The van der Waals surface area contributed by atoms with Crippen LogP contribution in [0.1, 0.15) is 46.2 Å². The fourth-order valence-corrected chi connectivity index (χ4v) is 4.60. The average molecular weight is 648 g/mol. The Labute approximate surface area is 240 Å². The molecule has 18 heteroatoms. The predicted octanol–water partition coefficient (Wildman–Crippen LogP) is 7.54. The summed E-state index contributed by atoms with van der Waals surface area (Å²) in [6, 6.07) is 5.08. The van der Waals surface area contributed by atoms with Gasteiger partial charge in [-0.3, -0.25) is 10.1 Å². The number of alkyl halides is 8. The van der Waals surface area contributed by atoms with Crippen LogP contribution in [0, 0.1) is 12.7 Å². The van der Waals surface area contributed by atoms with E-state index in [0.717, 1.165) is 18.2 Å². The van der Waals surface area contributed by atoms with Crippen LogP contribution in [0.25, 0.3) is 0 Å². The number of hydrogen-bond acceptors (Lipinski definition) is 5. The van der Waals surface area contributed by atoms with Crippen molar-refractivity contribution in [2.45, 2.75) is 50.7 Å². The van der Waals surface area contributed by atoms with E-state index in [1.165, 1.54) is 19.1 Å². The van der Waals surface area contributed by atoms with E-state index in [4.69, 9.17) is 28.0 Å². The first-order chi connectivity index (χ1) is 19.2. The minimum Gasteiger partial charge on any atom is -0.374 e. The molecule has 2 heterocycles. The molecule has 226 valence electrons. The molecular weight excluding hydrogens is 632 g/mol. The molecule has 3 aromatic rings. The van der Waals surface area contributed by atoms with Gasteiger partial charge in [0.1, 0.15) is 6.54 Å². The van der Waals surface area contributed by atoms with Crippen molar-refractivity contribution in [2.75, 3.05) is 5.32 Å². The molecule has 0 fully saturated rings. The predicted molar refractivity (Wildman–Crippen MR) is 131 cm³/mol. The van der Waals surface area contributed by atoms with Gasteiger partial charge in [0.2, 0.25) is 5.95 Å². The number of aromatic nitrogens is 3. The minimum absolute atomic E-state index is 0.0851. The molecule has 0 saturated carbocycles. The van der Waals surface area contributed by atoms with Gasteiger partial charge in [-0.05, 0) is 42.3 Å². The largest absolute Gasteiger partial charge is 0.435 e. The van der Waals surface area contributed by atoms with Crippen LogP contribution < -0.4 is 5.32 Å². The molecule has 0 saturated heterocycles. The highest BCUT2D eigenvalue weighted by atomic mass is 35.5. The molecule has 1 unspecified atom stereocenters. The lowest BCUT2D eigenvalue weighted by molar-refractivity contribution is -0.275. The number of rotatable bonds is 6. The summed E-state index contributed by atoms with van der Waals surface area (Å²) >= 11 is 11.4. The van der Waals surface area contributed by atoms with E-state index in [-0.39, 0.29) is 27.1 Å². The average Bonchev–Trinajstić information content (AvgIpc) is 3.46. The molecule has 1 aliphatic rings. The van der Waals surface area contributed by atoms with Gasteiger partial charge in [0.05, 0.1) is 15.8 Å². The summed E-state index contributed by atoms with van der Waals surface area (Å²) < 4.78 is 122. The maximum absolute atomic E-state index is 14.3. The lowest BCUT2D eigenvalue weighted by atomic mass is 9.86. The Morgan fingerprint density at radius 3 is 2.21 bits per heavy atom. The lowest BCUT2D eigenvalue weighted by Crippen LogP contribution is -2.42. The van der Waals surface area contributed by atoms with Crippen molar-refractivity contribution in [1.29, 1.82) is 0 Å². The van der Waals surface area contributed by atoms with Gasteiger partial charge in [0.25, 0.3) is 11.5 Å². The Morgan fingerprint density at radius 2 is 1.69 bits per heavy atom. The second kappa shape index (κ2) is 10.6. The van der Waals surface area contributed by atoms with E-state index in [9.17, 15) is 44.3 Å². The molecule has 1 N–H and O–H groups in total. The summed E-state index contributed by atoms with van der Waals surface area (Å²) in [5.41, 5.74) is -3.76. The number of hydrogen-bond donors (Lipinski definition) is 1. The molecule has 1 aromatic heterocycles. The van der Waals surface area contributed by atoms with Crippen LogP contribution in [0.2, 0.25) is 10.0 Å². The van der Waals surface area contributed by atoms with Gasteiger partial charge in [0, 0.05) is 24.5 Å². The van der Waals surface area contributed by atoms with Crippen molar-refractivity contribution < 1.29 is 49.1 Å². The number of aryl methyl sites for hydroxylation is 1. The van der Waals surface area contributed by atoms with Crippen LogP contribution in [-0.2, 0) is 22.9 Å². The summed E-state index contributed by atoms with van der Waals surface area (Å²) in [4.78, 5) is 20.9. The molecule has 1 atom stereocenters. The number of oxime groups is 1. The highest BCUT2D eigenvalue weighted by Crippen LogP contribution is 2.50. The standard InChI is InChI=1S/C24H16Cl2F9N5O2/c1-10-5-11(16-8-22(42-39-16,24(33,34)35)12-6-14(25)17(27)15(26)7-12)3-4-13(10)18(41)36-20-37-19(21(2,28)29)40(38-20)9-23(30,31)32/h3-7H,8-9H2,1-2H3,(H,36,38,41). The third-order valence-corrected chi connectivity index (χ3v) is 6.61. The van der Waals surface area contributed by atoms with E-state index in [0.29, 0.717) is 6.92 Å². The third kappa shape index (κ3) is 6.14. The Hall–Kier alpha value is -3.53. The molecule has 0 bridgehead atoms. The normalized spacial score (nSPS) is 17.7. The van der Waals surface area contributed by atoms with Gasteiger partial charge in [0.15, 0.2) is 11.6 Å². The second-order valence-electron chi connectivity index (χ2n) is 9.29. The van der Waals surface area contributed by atoms with E-state index >= 15 is 0 Å². The zero-order valence-corrected chi connectivity index (χ0v) is 22.6. The van der Waals surface area contributed by atoms with Gasteiger partial charge in [-0.25, -0.2) is 9.07 Å². The highest BCUT2D eigenvalue weighted by molar-refractivity contribution is 6.35. The van der Waals surface area contributed by atoms with Crippen LogP contribution >= 0.6 is 23.2 Å². The number of nitrogens with one attached hydrogen (secondary N) is 1. The summed E-state index contributed by atoms with van der Waals surface area (Å²) in [5, 5.41) is 7.57. The maximum atomic E-state index is 14.3. The molecule has 42 heavy (non-hydrogen) atoms. The monoisotopic (exact) mass is 647 g/mol. The van der Waals surface area contributed by atoms with Crippen LogP contribution in [0.3, 0.4) is 0 Å². The van der Waals surface area contributed by atoms with Crippen molar-refractivity contribution in [2.24, 2.45) is 5.16 Å². The fourth-order valence-electron chi connectivity index (χ4n) is 4.11. The topological polar surface area (TPSA) is 81.4 Å². The third-order valence-electron chi connectivity index (χ3n) is 6.06. The van der Waals surface area contributed by atoms with Crippen LogP contribution in [0.5, 0.6) is 0 Å². The number of carbonyl (C=O) groups excluding carboxylic acids is 1. The van der Waals surface area contributed by atoms with Gasteiger partial charge in [-0.15, -0.1) is 5.10 Å². The Balaban J connectivity index is 1.59. The number of carbonyl (C=O) groups is 1. The molecule has 0 radical (unpaired) electrons. The zero-order chi connectivity index (χ0) is 31.4. The first-order valence-electron chi connectivity index (χ1n) is 11.5. The quantitative estimate of drug-likeness (QED) is 0.221. The first-order valence-corrected chi connectivity index (χ1v) is 12.3. The molecular formula is C24H16Cl2F9N5O2. The Morgan fingerprint density at radius 1 is 1.07 bits per heavy atom. The number of amides is 1. The molecule has 7 nitrogen and oxygen atoms in total. The molecule has 1 amide bonds.